The SMILES string of the molecule is CCc1ccsc1CNc1ccc([N+](=O)[O-])cc1[N+](=O)[O-]. The molecule has 21 heavy (non-hydrogen) atoms. The van der Waals surface area contributed by atoms with Gasteiger partial charge >= 0.3 is 0 Å². The van der Waals surface area contributed by atoms with E-state index >= 15 is 0 Å². The zero-order chi connectivity index (χ0) is 15.4. The predicted octanol–water partition coefficient (Wildman–Crippen LogP) is 3.74. The van der Waals surface area contributed by atoms with Crippen molar-refractivity contribution in [3.05, 3.63) is 60.3 Å². The van der Waals surface area contributed by atoms with Crippen molar-refractivity contribution in [1.82, 2.24) is 0 Å². The molecule has 0 saturated carbocycles. The van der Waals surface area contributed by atoms with Crippen molar-refractivity contribution in [3.8, 4) is 0 Å². The van der Waals surface area contributed by atoms with Crippen LogP contribution in [0.25, 0.3) is 0 Å². The van der Waals surface area contributed by atoms with E-state index in [-0.39, 0.29) is 17.1 Å². The Kier molecular flexibility index (Phi) is 4.49. The number of hydrogen-bond donors (Lipinski definition) is 1. The fourth-order valence-corrected chi connectivity index (χ4v) is 2.86. The quantitative estimate of drug-likeness (QED) is 0.647. The van der Waals surface area contributed by atoms with E-state index in [0.29, 0.717) is 6.54 Å². The Balaban J connectivity index is 2.23. The second-order valence-electron chi connectivity index (χ2n) is 4.29. The topological polar surface area (TPSA) is 98.3 Å². The van der Waals surface area contributed by atoms with Crippen molar-refractivity contribution in [2.45, 2.75) is 19.9 Å². The van der Waals surface area contributed by atoms with E-state index in [2.05, 4.69) is 5.32 Å². The van der Waals surface area contributed by atoms with Gasteiger partial charge in [0.25, 0.3) is 11.4 Å². The summed E-state index contributed by atoms with van der Waals surface area (Å²) >= 11 is 1.58. The highest BCUT2D eigenvalue weighted by atomic mass is 32.1. The molecule has 8 heteroatoms. The maximum absolute atomic E-state index is 11.0. The van der Waals surface area contributed by atoms with E-state index in [9.17, 15) is 20.2 Å². The summed E-state index contributed by atoms with van der Waals surface area (Å²) < 4.78 is 0. The Hall–Kier alpha value is -2.48. The minimum Gasteiger partial charge on any atom is -0.375 e. The molecule has 0 aliphatic heterocycles. The maximum Gasteiger partial charge on any atom is 0.299 e. The van der Waals surface area contributed by atoms with Gasteiger partial charge in [-0.25, -0.2) is 0 Å². The van der Waals surface area contributed by atoms with Crippen LogP contribution >= 0.6 is 11.3 Å². The van der Waals surface area contributed by atoms with Crippen LogP contribution in [0.3, 0.4) is 0 Å². The molecular formula is C13H13N3O4S. The van der Waals surface area contributed by atoms with Crippen LogP contribution in [0.5, 0.6) is 0 Å². The lowest BCUT2D eigenvalue weighted by Crippen LogP contribution is -2.03. The van der Waals surface area contributed by atoms with Gasteiger partial charge in [-0.05, 0) is 29.5 Å². The lowest BCUT2D eigenvalue weighted by atomic mass is 10.2. The number of nitrogens with zero attached hydrogens (tertiary/aromatic N) is 2. The zero-order valence-corrected chi connectivity index (χ0v) is 12.1. The van der Waals surface area contributed by atoms with Gasteiger partial charge in [0.15, 0.2) is 0 Å². The lowest BCUT2D eigenvalue weighted by molar-refractivity contribution is -0.393. The molecule has 1 aromatic heterocycles. The Bertz CT molecular complexity index is 684. The fraction of sp³-hybridized carbons (Fsp3) is 0.231. The van der Waals surface area contributed by atoms with Crippen molar-refractivity contribution in [2.24, 2.45) is 0 Å². The van der Waals surface area contributed by atoms with Gasteiger partial charge in [0.1, 0.15) is 5.69 Å². The van der Waals surface area contributed by atoms with Gasteiger partial charge < -0.3 is 5.32 Å². The molecular weight excluding hydrogens is 294 g/mol. The third-order valence-corrected chi connectivity index (χ3v) is 4.01. The Labute approximate surface area is 124 Å². The molecule has 0 saturated heterocycles. The molecule has 0 aliphatic rings. The van der Waals surface area contributed by atoms with Crippen LogP contribution in [0.2, 0.25) is 0 Å². The summed E-state index contributed by atoms with van der Waals surface area (Å²) in [6.45, 7) is 2.50. The molecule has 0 radical (unpaired) electrons. The third-order valence-electron chi connectivity index (χ3n) is 3.05. The molecule has 7 nitrogen and oxygen atoms in total. The second kappa shape index (κ2) is 6.31. The first-order valence-electron chi connectivity index (χ1n) is 6.25. The molecule has 0 aliphatic carbocycles. The minimum absolute atomic E-state index is 0.279. The van der Waals surface area contributed by atoms with E-state index in [0.717, 1.165) is 17.4 Å². The second-order valence-corrected chi connectivity index (χ2v) is 5.29. The van der Waals surface area contributed by atoms with Crippen molar-refractivity contribution in [2.75, 3.05) is 5.32 Å². The predicted molar refractivity (Wildman–Crippen MR) is 80.8 cm³/mol. The number of nitro benzene ring substituents is 2. The van der Waals surface area contributed by atoms with Crippen molar-refractivity contribution in [1.29, 1.82) is 0 Å². The molecule has 0 atom stereocenters. The number of rotatable bonds is 6. The number of nitrogens with one attached hydrogen (secondary N) is 1. The van der Waals surface area contributed by atoms with Crippen LogP contribution in [-0.4, -0.2) is 9.85 Å². The van der Waals surface area contributed by atoms with E-state index in [4.69, 9.17) is 0 Å². The molecule has 1 aromatic carbocycles. The summed E-state index contributed by atoms with van der Waals surface area (Å²) in [5.41, 5.74) is 0.884. The molecule has 1 N–H and O–H groups in total. The van der Waals surface area contributed by atoms with Crippen LogP contribution < -0.4 is 5.32 Å². The Morgan fingerprint density at radius 1 is 1.19 bits per heavy atom. The number of benzene rings is 1. The molecule has 110 valence electrons. The molecule has 0 unspecified atom stereocenters. The van der Waals surface area contributed by atoms with Gasteiger partial charge in [0.05, 0.1) is 15.9 Å². The summed E-state index contributed by atoms with van der Waals surface area (Å²) in [6.07, 6.45) is 0.892. The van der Waals surface area contributed by atoms with Crippen LogP contribution in [0, 0.1) is 20.2 Å². The Morgan fingerprint density at radius 2 is 1.95 bits per heavy atom. The summed E-state index contributed by atoms with van der Waals surface area (Å²) in [5, 5.41) is 26.7. The smallest absolute Gasteiger partial charge is 0.299 e. The average Bonchev–Trinajstić information content (AvgIpc) is 2.92. The summed E-state index contributed by atoms with van der Waals surface area (Å²) in [6, 6.07) is 5.61. The molecule has 0 bridgehead atoms. The third kappa shape index (κ3) is 3.34. The zero-order valence-electron chi connectivity index (χ0n) is 11.2. The highest BCUT2D eigenvalue weighted by Crippen LogP contribution is 2.30. The van der Waals surface area contributed by atoms with Crippen LogP contribution in [0.15, 0.2) is 29.6 Å². The first kappa shape index (κ1) is 14.9. The van der Waals surface area contributed by atoms with Gasteiger partial charge in [0.2, 0.25) is 0 Å². The molecule has 0 amide bonds. The molecule has 0 fully saturated rings. The monoisotopic (exact) mass is 307 g/mol. The van der Waals surface area contributed by atoms with Crippen molar-refractivity contribution < 1.29 is 9.85 Å². The average molecular weight is 307 g/mol. The number of non-ortho nitro benzene ring substituents is 1. The van der Waals surface area contributed by atoms with Crippen LogP contribution in [0.4, 0.5) is 17.1 Å². The number of anilines is 1. The lowest BCUT2D eigenvalue weighted by Gasteiger charge is -2.07. The Morgan fingerprint density at radius 3 is 2.57 bits per heavy atom. The van der Waals surface area contributed by atoms with Crippen molar-refractivity contribution >= 4 is 28.4 Å². The van der Waals surface area contributed by atoms with Crippen molar-refractivity contribution in [3.63, 3.8) is 0 Å². The van der Waals surface area contributed by atoms with E-state index in [1.54, 1.807) is 11.3 Å². The summed E-state index contributed by atoms with van der Waals surface area (Å²) in [5.74, 6) is 0. The number of hydrogen-bond acceptors (Lipinski definition) is 6. The van der Waals surface area contributed by atoms with E-state index < -0.39 is 9.85 Å². The van der Waals surface area contributed by atoms with Gasteiger partial charge in [-0.3, -0.25) is 20.2 Å². The number of thiophene rings is 1. The maximum atomic E-state index is 11.0. The normalized spacial score (nSPS) is 10.3. The van der Waals surface area contributed by atoms with Gasteiger partial charge in [0, 0.05) is 17.5 Å². The summed E-state index contributed by atoms with van der Waals surface area (Å²) in [7, 11) is 0. The van der Waals surface area contributed by atoms with E-state index in [1.807, 2.05) is 18.4 Å². The fourth-order valence-electron chi connectivity index (χ4n) is 1.95. The molecule has 1 heterocycles. The van der Waals surface area contributed by atoms with Crippen LogP contribution in [0.1, 0.15) is 17.4 Å². The van der Waals surface area contributed by atoms with Gasteiger partial charge in [-0.15, -0.1) is 11.3 Å². The highest BCUT2D eigenvalue weighted by molar-refractivity contribution is 7.10. The standard InChI is InChI=1S/C13H13N3O4S/c1-2-9-5-6-21-13(9)8-14-11-4-3-10(15(17)18)7-12(11)16(19)20/h3-7,14H,2,8H2,1H3. The van der Waals surface area contributed by atoms with Crippen LogP contribution in [-0.2, 0) is 13.0 Å². The first-order chi connectivity index (χ1) is 10.0. The first-order valence-corrected chi connectivity index (χ1v) is 7.12. The van der Waals surface area contributed by atoms with E-state index in [1.165, 1.54) is 17.7 Å². The highest BCUT2D eigenvalue weighted by Gasteiger charge is 2.19. The van der Waals surface area contributed by atoms with Gasteiger partial charge in [-0.1, -0.05) is 6.92 Å². The molecule has 0 spiro atoms. The molecule has 2 aromatic rings. The minimum atomic E-state index is -0.648. The van der Waals surface area contributed by atoms with Gasteiger partial charge in [-0.2, -0.15) is 0 Å². The summed E-state index contributed by atoms with van der Waals surface area (Å²) in [4.78, 5) is 21.5. The number of nitro groups is 2. The largest absolute Gasteiger partial charge is 0.375 e. The number of aryl methyl sites for hydroxylation is 1. The molecule has 2 rings (SSSR count).